The minimum absolute atomic E-state index is 0.0150. The van der Waals surface area contributed by atoms with Crippen molar-refractivity contribution in [1.82, 2.24) is 14.7 Å². The first-order valence-electron chi connectivity index (χ1n) is 6.92. The van der Waals surface area contributed by atoms with Gasteiger partial charge in [-0.25, -0.2) is 4.68 Å². The maximum atomic E-state index is 12.5. The summed E-state index contributed by atoms with van der Waals surface area (Å²) in [5.41, 5.74) is 8.02. The lowest BCUT2D eigenvalue weighted by Gasteiger charge is -2.15. The Hall–Kier alpha value is -1.85. The smallest absolute Gasteiger partial charge is 0.257 e. The lowest BCUT2D eigenvalue weighted by Crippen LogP contribution is -2.32. The summed E-state index contributed by atoms with van der Waals surface area (Å²) in [7, 11) is 0. The number of nitrogens with two attached hydrogens (primary N) is 1. The van der Waals surface area contributed by atoms with Crippen molar-refractivity contribution in [2.24, 2.45) is 5.73 Å². The summed E-state index contributed by atoms with van der Waals surface area (Å²) in [6.45, 7) is 3.19. The van der Waals surface area contributed by atoms with Crippen LogP contribution in [0.5, 0.6) is 0 Å². The fraction of sp³-hybridized carbons (Fsp3) is 0.333. The quantitative estimate of drug-likeness (QED) is 0.923. The normalized spacial score (nSPS) is 18.2. The van der Waals surface area contributed by atoms with Crippen molar-refractivity contribution in [2.45, 2.75) is 19.4 Å². The van der Waals surface area contributed by atoms with Gasteiger partial charge in [-0.2, -0.15) is 5.10 Å². The molecule has 1 saturated heterocycles. The zero-order valence-corrected chi connectivity index (χ0v) is 12.5. The van der Waals surface area contributed by atoms with Crippen molar-refractivity contribution in [3.05, 3.63) is 46.7 Å². The second kappa shape index (κ2) is 5.50. The number of para-hydroxylation sites is 1. The molecule has 0 spiro atoms. The Labute approximate surface area is 128 Å². The monoisotopic (exact) mass is 304 g/mol. The molecule has 1 aromatic carbocycles. The van der Waals surface area contributed by atoms with Gasteiger partial charge < -0.3 is 10.6 Å². The lowest BCUT2D eigenvalue weighted by molar-refractivity contribution is 0.0790. The van der Waals surface area contributed by atoms with Crippen molar-refractivity contribution in [3.8, 4) is 5.69 Å². The minimum Gasteiger partial charge on any atom is -0.337 e. The Morgan fingerprint density at radius 1 is 1.43 bits per heavy atom. The molecule has 110 valence electrons. The van der Waals surface area contributed by atoms with E-state index in [1.807, 2.05) is 25.1 Å². The first-order valence-corrected chi connectivity index (χ1v) is 7.30. The van der Waals surface area contributed by atoms with Crippen molar-refractivity contribution < 1.29 is 4.79 Å². The van der Waals surface area contributed by atoms with Crippen LogP contribution in [0.4, 0.5) is 0 Å². The molecule has 1 atom stereocenters. The molecule has 2 aromatic rings. The average Bonchev–Trinajstić information content (AvgIpc) is 3.05. The fourth-order valence-electron chi connectivity index (χ4n) is 2.63. The van der Waals surface area contributed by atoms with Crippen LogP contribution in [0.25, 0.3) is 5.69 Å². The molecule has 1 aromatic heterocycles. The third kappa shape index (κ3) is 2.54. The van der Waals surface area contributed by atoms with Crippen LogP contribution in [0.1, 0.15) is 22.5 Å². The van der Waals surface area contributed by atoms with Crippen LogP contribution in [0.2, 0.25) is 5.02 Å². The second-order valence-electron chi connectivity index (χ2n) is 5.31. The van der Waals surface area contributed by atoms with Gasteiger partial charge in [0.25, 0.3) is 5.91 Å². The molecule has 21 heavy (non-hydrogen) atoms. The van der Waals surface area contributed by atoms with Crippen LogP contribution in [0, 0.1) is 6.92 Å². The van der Waals surface area contributed by atoms with E-state index >= 15 is 0 Å². The maximum absolute atomic E-state index is 12.5. The Balaban J connectivity index is 1.93. The second-order valence-corrected chi connectivity index (χ2v) is 5.71. The first kappa shape index (κ1) is 14.1. The summed E-state index contributed by atoms with van der Waals surface area (Å²) in [4.78, 5) is 14.3. The highest BCUT2D eigenvalue weighted by Crippen LogP contribution is 2.23. The summed E-state index contributed by atoms with van der Waals surface area (Å²) in [5, 5.41) is 4.91. The number of hydrogen-bond donors (Lipinski definition) is 1. The SMILES string of the molecule is Cc1c(C(=O)N2CC[C@@H](N)C2)cnn1-c1ccccc1Cl. The number of hydrogen-bond acceptors (Lipinski definition) is 3. The van der Waals surface area contributed by atoms with Crippen LogP contribution in [-0.2, 0) is 0 Å². The number of carbonyl (C=O) groups is 1. The number of nitrogens with zero attached hydrogens (tertiary/aromatic N) is 3. The molecule has 1 amide bonds. The Bertz CT molecular complexity index is 682. The third-order valence-electron chi connectivity index (χ3n) is 3.83. The molecule has 1 fully saturated rings. The number of likely N-dealkylation sites (tertiary alicyclic amines) is 1. The van der Waals surface area contributed by atoms with Gasteiger partial charge in [-0.05, 0) is 25.5 Å². The summed E-state index contributed by atoms with van der Waals surface area (Å²) in [6, 6.07) is 7.51. The fourth-order valence-corrected chi connectivity index (χ4v) is 2.84. The molecule has 5 nitrogen and oxygen atoms in total. The van der Waals surface area contributed by atoms with Gasteiger partial charge >= 0.3 is 0 Å². The van der Waals surface area contributed by atoms with Crippen LogP contribution in [0.15, 0.2) is 30.5 Å². The zero-order chi connectivity index (χ0) is 15.0. The van der Waals surface area contributed by atoms with E-state index in [0.717, 1.165) is 17.8 Å². The predicted molar refractivity (Wildman–Crippen MR) is 81.8 cm³/mol. The lowest BCUT2D eigenvalue weighted by atomic mass is 10.2. The van der Waals surface area contributed by atoms with E-state index in [1.54, 1.807) is 21.8 Å². The van der Waals surface area contributed by atoms with Gasteiger partial charge in [-0.15, -0.1) is 0 Å². The number of rotatable bonds is 2. The van der Waals surface area contributed by atoms with Crippen LogP contribution >= 0.6 is 11.6 Å². The molecule has 6 heteroatoms. The van der Waals surface area contributed by atoms with E-state index in [0.29, 0.717) is 23.7 Å². The Morgan fingerprint density at radius 2 is 2.19 bits per heavy atom. The predicted octanol–water partition coefficient (Wildman–Crippen LogP) is 2.01. The van der Waals surface area contributed by atoms with E-state index in [1.165, 1.54) is 0 Å². The van der Waals surface area contributed by atoms with Crippen molar-refractivity contribution in [2.75, 3.05) is 13.1 Å². The summed E-state index contributed by atoms with van der Waals surface area (Å²) in [6.07, 6.45) is 2.45. The molecule has 0 radical (unpaired) electrons. The Morgan fingerprint density at radius 3 is 2.86 bits per heavy atom. The Kier molecular flexibility index (Phi) is 3.69. The number of carbonyl (C=O) groups excluding carboxylic acids is 1. The van der Waals surface area contributed by atoms with Gasteiger partial charge in [-0.3, -0.25) is 4.79 Å². The molecule has 0 saturated carbocycles. The number of halogens is 1. The van der Waals surface area contributed by atoms with E-state index in [4.69, 9.17) is 17.3 Å². The highest BCUT2D eigenvalue weighted by molar-refractivity contribution is 6.32. The standard InChI is InChI=1S/C15H17ClN4O/c1-10-12(15(21)19-7-6-11(17)9-19)8-18-20(10)14-5-3-2-4-13(14)16/h2-5,8,11H,6-7,9,17H2,1H3/t11-/m1/s1. The van der Waals surface area contributed by atoms with E-state index in [-0.39, 0.29) is 11.9 Å². The topological polar surface area (TPSA) is 64.2 Å². The molecule has 1 aliphatic rings. The molecule has 2 N–H and O–H groups in total. The van der Waals surface area contributed by atoms with Gasteiger partial charge in [0.05, 0.1) is 28.2 Å². The highest BCUT2D eigenvalue weighted by atomic mass is 35.5. The highest BCUT2D eigenvalue weighted by Gasteiger charge is 2.27. The van der Waals surface area contributed by atoms with Crippen molar-refractivity contribution in [1.29, 1.82) is 0 Å². The van der Waals surface area contributed by atoms with E-state index < -0.39 is 0 Å². The van der Waals surface area contributed by atoms with E-state index in [2.05, 4.69) is 5.10 Å². The maximum Gasteiger partial charge on any atom is 0.257 e. The molecule has 3 rings (SSSR count). The third-order valence-corrected chi connectivity index (χ3v) is 4.15. The summed E-state index contributed by atoms with van der Waals surface area (Å²) < 4.78 is 1.70. The van der Waals surface area contributed by atoms with Crippen LogP contribution in [0.3, 0.4) is 0 Å². The van der Waals surface area contributed by atoms with Crippen molar-refractivity contribution in [3.63, 3.8) is 0 Å². The van der Waals surface area contributed by atoms with Gasteiger partial charge in [0.2, 0.25) is 0 Å². The van der Waals surface area contributed by atoms with Gasteiger partial charge in [-0.1, -0.05) is 23.7 Å². The first-order chi connectivity index (χ1) is 10.1. The zero-order valence-electron chi connectivity index (χ0n) is 11.8. The van der Waals surface area contributed by atoms with Gasteiger partial charge in [0, 0.05) is 19.1 Å². The van der Waals surface area contributed by atoms with Gasteiger partial charge in [0.15, 0.2) is 0 Å². The molecule has 0 unspecified atom stereocenters. The molecule has 0 aliphatic carbocycles. The number of aromatic nitrogens is 2. The summed E-state index contributed by atoms with van der Waals surface area (Å²) in [5.74, 6) is -0.0150. The molecule has 2 heterocycles. The van der Waals surface area contributed by atoms with Crippen LogP contribution in [-0.4, -0.2) is 39.7 Å². The summed E-state index contributed by atoms with van der Waals surface area (Å²) >= 11 is 6.19. The molecular formula is C15H17ClN4O. The molecule has 0 bridgehead atoms. The molecule has 1 aliphatic heterocycles. The van der Waals surface area contributed by atoms with Gasteiger partial charge in [0.1, 0.15) is 0 Å². The van der Waals surface area contributed by atoms with E-state index in [9.17, 15) is 4.79 Å². The van der Waals surface area contributed by atoms with Crippen LogP contribution < -0.4 is 5.73 Å². The largest absolute Gasteiger partial charge is 0.337 e. The number of benzene rings is 1. The average molecular weight is 305 g/mol. The number of amides is 1. The molecular weight excluding hydrogens is 288 g/mol. The van der Waals surface area contributed by atoms with Crippen molar-refractivity contribution >= 4 is 17.5 Å². The minimum atomic E-state index is -0.0150.